The molecular weight excluding hydrogens is 578 g/mol. The number of halogens is 1. The van der Waals surface area contributed by atoms with Gasteiger partial charge in [0.05, 0.1) is 10.6 Å². The van der Waals surface area contributed by atoms with Gasteiger partial charge in [0.1, 0.15) is 12.6 Å². The number of hydrogen-bond donors (Lipinski definition) is 1. The Balaban J connectivity index is 2.01. The average molecular weight is 615 g/mol. The van der Waals surface area contributed by atoms with E-state index in [1.807, 2.05) is 45.0 Å². The highest BCUT2D eigenvalue weighted by Gasteiger charge is 2.32. The number of benzene rings is 3. The van der Waals surface area contributed by atoms with E-state index in [2.05, 4.69) is 21.2 Å². The van der Waals surface area contributed by atoms with Gasteiger partial charge >= 0.3 is 0 Å². The Labute approximate surface area is 240 Å². The van der Waals surface area contributed by atoms with Crippen LogP contribution >= 0.6 is 15.9 Å². The van der Waals surface area contributed by atoms with Crippen LogP contribution in [-0.2, 0) is 26.2 Å². The number of unbranched alkanes of at least 4 members (excludes halogenated alkanes) is 1. The molecule has 0 spiro atoms. The fraction of sp³-hybridized carbons (Fsp3) is 0.333. The average Bonchev–Trinajstić information content (AvgIpc) is 2.91. The molecule has 1 unspecified atom stereocenters. The molecule has 9 heteroatoms. The second-order valence-corrected chi connectivity index (χ2v) is 12.4. The molecule has 1 N–H and O–H groups in total. The number of hydrogen-bond acceptors (Lipinski definition) is 4. The van der Waals surface area contributed by atoms with Gasteiger partial charge in [0.2, 0.25) is 11.8 Å². The summed E-state index contributed by atoms with van der Waals surface area (Å²) in [4.78, 5) is 28.5. The van der Waals surface area contributed by atoms with E-state index in [1.165, 1.54) is 17.0 Å². The first kappa shape index (κ1) is 30.4. The van der Waals surface area contributed by atoms with Crippen molar-refractivity contribution in [1.29, 1.82) is 0 Å². The van der Waals surface area contributed by atoms with Crippen LogP contribution in [0.4, 0.5) is 5.69 Å². The van der Waals surface area contributed by atoms with E-state index in [0.717, 1.165) is 33.8 Å². The first-order valence-corrected chi connectivity index (χ1v) is 15.2. The van der Waals surface area contributed by atoms with Crippen molar-refractivity contribution < 1.29 is 18.0 Å². The zero-order valence-electron chi connectivity index (χ0n) is 22.9. The monoisotopic (exact) mass is 613 g/mol. The third kappa shape index (κ3) is 7.92. The topological polar surface area (TPSA) is 86.8 Å². The van der Waals surface area contributed by atoms with Crippen molar-refractivity contribution in [2.24, 2.45) is 0 Å². The highest BCUT2D eigenvalue weighted by atomic mass is 79.9. The third-order valence-electron chi connectivity index (χ3n) is 6.58. The molecule has 3 rings (SSSR count). The van der Waals surface area contributed by atoms with Crippen LogP contribution in [0.2, 0.25) is 0 Å². The van der Waals surface area contributed by atoms with Crippen LogP contribution in [0.5, 0.6) is 0 Å². The maximum atomic E-state index is 14.0. The van der Waals surface area contributed by atoms with Crippen LogP contribution in [0, 0.1) is 13.8 Å². The van der Waals surface area contributed by atoms with E-state index in [4.69, 9.17) is 0 Å². The molecule has 7 nitrogen and oxygen atoms in total. The first-order valence-electron chi connectivity index (χ1n) is 13.0. The Morgan fingerprint density at radius 1 is 0.974 bits per heavy atom. The molecule has 1 atom stereocenters. The van der Waals surface area contributed by atoms with Crippen molar-refractivity contribution in [3.8, 4) is 0 Å². The number of sulfonamides is 1. The predicted octanol–water partition coefficient (Wildman–Crippen LogP) is 5.59. The minimum atomic E-state index is -4.10. The lowest BCUT2D eigenvalue weighted by Gasteiger charge is -2.32. The minimum absolute atomic E-state index is 0.0803. The Kier molecular flexibility index (Phi) is 10.7. The van der Waals surface area contributed by atoms with E-state index in [0.29, 0.717) is 16.7 Å². The lowest BCUT2D eigenvalue weighted by atomic mass is 10.1. The SMILES string of the molecule is CCCCNC(=O)C(C)N(Cc1ccccc1C)C(=O)CN(c1cccc(Br)c1)S(=O)(=O)c1ccc(C)cc1. The van der Waals surface area contributed by atoms with E-state index in [-0.39, 0.29) is 17.3 Å². The maximum Gasteiger partial charge on any atom is 0.264 e. The molecule has 0 aliphatic carbocycles. The van der Waals surface area contributed by atoms with Gasteiger partial charge in [0, 0.05) is 17.6 Å². The van der Waals surface area contributed by atoms with Gasteiger partial charge in [-0.1, -0.05) is 77.3 Å². The van der Waals surface area contributed by atoms with Crippen molar-refractivity contribution in [3.63, 3.8) is 0 Å². The maximum absolute atomic E-state index is 14.0. The van der Waals surface area contributed by atoms with Crippen LogP contribution < -0.4 is 9.62 Å². The molecule has 0 fully saturated rings. The molecule has 0 heterocycles. The summed E-state index contributed by atoms with van der Waals surface area (Å²) in [5.41, 5.74) is 3.13. The standard InChI is InChI=1S/C30H36BrN3O4S/c1-5-6-18-32-30(36)24(4)33(20-25-11-8-7-10-23(25)3)29(35)21-34(27-13-9-12-26(31)19-27)39(37,38)28-16-14-22(2)15-17-28/h7-17,19,24H,5-6,18,20-21H2,1-4H3,(H,32,36). The molecule has 0 saturated heterocycles. The summed E-state index contributed by atoms with van der Waals surface area (Å²) in [7, 11) is -4.10. The number of amides is 2. The third-order valence-corrected chi connectivity index (χ3v) is 8.86. The summed E-state index contributed by atoms with van der Waals surface area (Å²) in [6, 6.07) is 20.2. The van der Waals surface area contributed by atoms with Gasteiger partial charge in [-0.25, -0.2) is 8.42 Å². The van der Waals surface area contributed by atoms with Crippen LogP contribution in [0.25, 0.3) is 0 Å². The molecule has 0 aliphatic rings. The van der Waals surface area contributed by atoms with E-state index in [1.54, 1.807) is 43.3 Å². The van der Waals surface area contributed by atoms with Gasteiger partial charge in [-0.15, -0.1) is 0 Å². The Bertz CT molecular complexity index is 1390. The van der Waals surface area contributed by atoms with Crippen LogP contribution in [0.1, 0.15) is 43.4 Å². The molecule has 3 aromatic rings. The lowest BCUT2D eigenvalue weighted by Crippen LogP contribution is -2.51. The number of rotatable bonds is 12. The van der Waals surface area contributed by atoms with Gasteiger partial charge in [0.15, 0.2) is 0 Å². The molecular formula is C30H36BrN3O4S. The Hall–Kier alpha value is -3.17. The Morgan fingerprint density at radius 2 is 1.67 bits per heavy atom. The molecule has 208 valence electrons. The van der Waals surface area contributed by atoms with Crippen molar-refractivity contribution in [2.45, 2.75) is 58.0 Å². The van der Waals surface area contributed by atoms with Crippen LogP contribution in [0.15, 0.2) is 82.2 Å². The summed E-state index contributed by atoms with van der Waals surface area (Å²) < 4.78 is 29.5. The van der Waals surface area contributed by atoms with Crippen molar-refractivity contribution >= 4 is 43.5 Å². The first-order chi connectivity index (χ1) is 18.5. The summed E-state index contributed by atoms with van der Waals surface area (Å²) in [5.74, 6) is -0.757. The number of aryl methyl sites for hydroxylation is 2. The zero-order chi connectivity index (χ0) is 28.6. The Morgan fingerprint density at radius 3 is 2.31 bits per heavy atom. The summed E-state index contributed by atoms with van der Waals surface area (Å²) in [6.07, 6.45) is 1.76. The van der Waals surface area contributed by atoms with Gasteiger partial charge in [-0.2, -0.15) is 0 Å². The summed E-state index contributed by atoms with van der Waals surface area (Å²) in [5, 5.41) is 2.90. The fourth-order valence-corrected chi connectivity index (χ4v) is 5.88. The number of anilines is 1. The molecule has 0 aromatic heterocycles. The molecule has 0 saturated carbocycles. The van der Waals surface area contributed by atoms with E-state index >= 15 is 0 Å². The predicted molar refractivity (Wildman–Crippen MR) is 159 cm³/mol. The highest BCUT2D eigenvalue weighted by molar-refractivity contribution is 9.10. The van der Waals surface area contributed by atoms with Gasteiger partial charge in [0.25, 0.3) is 10.0 Å². The smallest absolute Gasteiger partial charge is 0.264 e. The normalized spacial score (nSPS) is 12.0. The molecule has 2 amide bonds. The highest BCUT2D eigenvalue weighted by Crippen LogP contribution is 2.27. The van der Waals surface area contributed by atoms with Gasteiger partial charge < -0.3 is 10.2 Å². The van der Waals surface area contributed by atoms with E-state index in [9.17, 15) is 18.0 Å². The molecule has 0 aliphatic heterocycles. The number of nitrogens with one attached hydrogen (secondary N) is 1. The lowest BCUT2D eigenvalue weighted by molar-refractivity contribution is -0.139. The minimum Gasteiger partial charge on any atom is -0.354 e. The summed E-state index contributed by atoms with van der Waals surface area (Å²) >= 11 is 3.41. The van der Waals surface area contributed by atoms with Gasteiger partial charge in [-0.05, 0) is 68.7 Å². The van der Waals surface area contributed by atoms with Crippen LogP contribution in [-0.4, -0.2) is 44.3 Å². The molecule has 0 radical (unpaired) electrons. The van der Waals surface area contributed by atoms with Gasteiger partial charge in [-0.3, -0.25) is 13.9 Å². The largest absolute Gasteiger partial charge is 0.354 e. The zero-order valence-corrected chi connectivity index (χ0v) is 25.3. The van der Waals surface area contributed by atoms with Crippen LogP contribution in [0.3, 0.4) is 0 Å². The van der Waals surface area contributed by atoms with Crippen molar-refractivity contribution in [1.82, 2.24) is 10.2 Å². The second kappa shape index (κ2) is 13.8. The molecule has 39 heavy (non-hydrogen) atoms. The molecule has 0 bridgehead atoms. The van der Waals surface area contributed by atoms with Crippen molar-refractivity contribution in [2.75, 3.05) is 17.4 Å². The molecule has 3 aromatic carbocycles. The number of nitrogens with zero attached hydrogens (tertiary/aromatic N) is 2. The fourth-order valence-electron chi connectivity index (χ4n) is 4.09. The van der Waals surface area contributed by atoms with Crippen molar-refractivity contribution in [3.05, 3.63) is 94.0 Å². The summed E-state index contributed by atoms with van der Waals surface area (Å²) in [6.45, 7) is 7.75. The number of carbonyl (C=O) groups is 2. The van der Waals surface area contributed by atoms with E-state index < -0.39 is 28.5 Å². The number of carbonyl (C=O) groups excluding carboxylic acids is 2. The quantitative estimate of drug-likeness (QED) is 0.270. The second-order valence-electron chi connectivity index (χ2n) is 9.57.